The van der Waals surface area contributed by atoms with Crippen LogP contribution in [0.4, 0.5) is 0 Å². The molecule has 0 fully saturated rings. The zero-order chi connectivity index (χ0) is 20.7. The lowest BCUT2D eigenvalue weighted by Crippen LogP contribution is -2.57. The average Bonchev–Trinajstić information content (AvgIpc) is 2.51. The minimum absolute atomic E-state index is 1.11. The lowest BCUT2D eigenvalue weighted by atomic mass is 10.1. The number of rotatable bonds is 3. The Labute approximate surface area is 173 Å². The van der Waals surface area contributed by atoms with E-state index in [2.05, 4.69) is 98.7 Å². The van der Waals surface area contributed by atoms with Crippen LogP contribution in [0.25, 0.3) is 0 Å². The highest BCUT2D eigenvalue weighted by molar-refractivity contribution is 6.97. The molecule has 0 saturated carbocycles. The van der Waals surface area contributed by atoms with E-state index in [1.807, 2.05) is 0 Å². The highest BCUT2D eigenvalue weighted by Gasteiger charge is 2.43. The van der Waals surface area contributed by atoms with Crippen LogP contribution in [0.15, 0.2) is 36.4 Å². The fourth-order valence-electron chi connectivity index (χ4n) is 5.10. The normalized spacial score (nSPS) is 11.0. The predicted molar refractivity (Wildman–Crippen MR) is 127 cm³/mol. The average molecular weight is 386 g/mol. The molecule has 0 atom stereocenters. The molecule has 3 aromatic carbocycles. The number of hydrogen-bond donors (Lipinski definition) is 0. The molecule has 28 heavy (non-hydrogen) atoms. The fraction of sp³-hybridized carbons (Fsp3) is 0.333. The Morgan fingerprint density at radius 2 is 0.536 bits per heavy atom. The second-order valence-electron chi connectivity index (χ2n) is 8.70. The molecule has 3 rings (SSSR count). The van der Waals surface area contributed by atoms with Crippen LogP contribution in [0.2, 0.25) is 0 Å². The Balaban J connectivity index is 2.45. The van der Waals surface area contributed by atoms with Gasteiger partial charge >= 0.3 is 8.80 Å². The third-order valence-corrected chi connectivity index (χ3v) is 9.65. The molecule has 0 unspecified atom stereocenters. The standard InChI is InChI=1S/C27H33Si/c1-16-10-19(4)25(20(5)11-16)28(26-21(6)12-17(2)13-22(26)7)27-23(8)14-18(3)15-24(27)9/h10-15H,1-9H3/q+1. The predicted octanol–water partition coefficient (Wildman–Crippen LogP) is 4.98. The minimum atomic E-state index is -1.11. The summed E-state index contributed by atoms with van der Waals surface area (Å²) in [5.74, 6) is 0. The van der Waals surface area contributed by atoms with E-state index < -0.39 is 8.80 Å². The molecule has 0 aromatic heterocycles. The van der Waals surface area contributed by atoms with E-state index >= 15 is 0 Å². The molecule has 0 aliphatic heterocycles. The first kappa shape index (κ1) is 20.6. The van der Waals surface area contributed by atoms with Crippen molar-refractivity contribution in [3.63, 3.8) is 0 Å². The first-order chi connectivity index (χ1) is 13.1. The summed E-state index contributed by atoms with van der Waals surface area (Å²) in [6.45, 7) is 20.4. The van der Waals surface area contributed by atoms with Gasteiger partial charge in [-0.1, -0.05) is 53.1 Å². The Kier molecular flexibility index (Phi) is 5.68. The molecular formula is C27H33Si+. The van der Waals surface area contributed by atoms with Gasteiger partial charge in [-0.15, -0.1) is 0 Å². The van der Waals surface area contributed by atoms with E-state index in [1.165, 1.54) is 50.1 Å². The van der Waals surface area contributed by atoms with Crippen LogP contribution in [-0.4, -0.2) is 8.80 Å². The number of benzene rings is 3. The molecule has 0 bridgehead atoms. The fourth-order valence-corrected chi connectivity index (χ4v) is 8.65. The minimum Gasteiger partial charge on any atom is -0.0534 e. The van der Waals surface area contributed by atoms with Gasteiger partial charge in [0.15, 0.2) is 0 Å². The largest absolute Gasteiger partial charge is 0.430 e. The van der Waals surface area contributed by atoms with Crippen molar-refractivity contribution in [2.45, 2.75) is 62.3 Å². The highest BCUT2D eigenvalue weighted by Crippen LogP contribution is 2.16. The van der Waals surface area contributed by atoms with Gasteiger partial charge in [0.25, 0.3) is 0 Å². The molecule has 0 N–H and O–H groups in total. The maximum atomic E-state index is 2.37. The summed E-state index contributed by atoms with van der Waals surface area (Å²) in [4.78, 5) is 0. The first-order valence-electron chi connectivity index (χ1n) is 10.2. The van der Waals surface area contributed by atoms with Crippen LogP contribution >= 0.6 is 0 Å². The molecule has 144 valence electrons. The van der Waals surface area contributed by atoms with Gasteiger partial charge in [0.1, 0.15) is 15.6 Å². The van der Waals surface area contributed by atoms with Crippen LogP contribution in [0.5, 0.6) is 0 Å². The summed E-state index contributed by atoms with van der Waals surface area (Å²) in [7, 11) is -1.11. The van der Waals surface area contributed by atoms with Crippen molar-refractivity contribution in [2.24, 2.45) is 0 Å². The van der Waals surface area contributed by atoms with E-state index in [9.17, 15) is 0 Å². The highest BCUT2D eigenvalue weighted by atomic mass is 28.3. The molecular weight excluding hydrogens is 352 g/mol. The Morgan fingerprint density at radius 3 is 0.714 bits per heavy atom. The second kappa shape index (κ2) is 7.71. The Morgan fingerprint density at radius 1 is 0.357 bits per heavy atom. The van der Waals surface area contributed by atoms with Gasteiger partial charge in [-0.2, -0.15) is 0 Å². The van der Waals surface area contributed by atoms with E-state index in [4.69, 9.17) is 0 Å². The molecule has 0 spiro atoms. The van der Waals surface area contributed by atoms with Crippen molar-refractivity contribution in [2.75, 3.05) is 0 Å². The van der Waals surface area contributed by atoms with Gasteiger partial charge in [-0.05, 0) is 95.7 Å². The summed E-state index contributed by atoms with van der Waals surface area (Å²) >= 11 is 0. The Hall–Kier alpha value is -2.12. The topological polar surface area (TPSA) is 0 Å². The molecule has 1 heteroatoms. The molecule has 0 aliphatic rings. The maximum Gasteiger partial charge on any atom is 0.430 e. The van der Waals surface area contributed by atoms with Crippen molar-refractivity contribution >= 4 is 24.4 Å². The molecule has 0 aliphatic carbocycles. The van der Waals surface area contributed by atoms with E-state index in [1.54, 1.807) is 15.6 Å². The van der Waals surface area contributed by atoms with Gasteiger partial charge in [0.05, 0.1) is 0 Å². The van der Waals surface area contributed by atoms with Crippen LogP contribution < -0.4 is 15.6 Å². The van der Waals surface area contributed by atoms with E-state index in [-0.39, 0.29) is 0 Å². The third kappa shape index (κ3) is 3.73. The lowest BCUT2D eigenvalue weighted by Gasteiger charge is -2.17. The molecule has 3 aromatic rings. The van der Waals surface area contributed by atoms with Crippen LogP contribution in [0.3, 0.4) is 0 Å². The van der Waals surface area contributed by atoms with Crippen LogP contribution in [0, 0.1) is 62.3 Å². The van der Waals surface area contributed by atoms with E-state index in [0.29, 0.717) is 0 Å². The summed E-state index contributed by atoms with van der Waals surface area (Å²) in [6, 6.07) is 14.2. The number of aryl methyl sites for hydroxylation is 9. The number of hydrogen-bond acceptors (Lipinski definition) is 0. The molecule has 0 radical (unpaired) electrons. The summed E-state index contributed by atoms with van der Waals surface area (Å²) in [6.07, 6.45) is 0. The molecule has 0 heterocycles. The lowest BCUT2D eigenvalue weighted by molar-refractivity contribution is 1.32. The zero-order valence-electron chi connectivity index (χ0n) is 19.0. The molecule has 0 nitrogen and oxygen atoms in total. The van der Waals surface area contributed by atoms with Crippen LogP contribution in [-0.2, 0) is 0 Å². The first-order valence-corrected chi connectivity index (χ1v) is 11.7. The third-order valence-electron chi connectivity index (χ3n) is 5.78. The summed E-state index contributed by atoms with van der Waals surface area (Å²) in [5, 5.41) is 4.71. The smallest absolute Gasteiger partial charge is 0.0534 e. The van der Waals surface area contributed by atoms with Gasteiger partial charge < -0.3 is 0 Å². The van der Waals surface area contributed by atoms with Gasteiger partial charge in [-0.25, -0.2) is 0 Å². The maximum absolute atomic E-state index is 2.37. The SMILES string of the molecule is Cc1cc(C)c([Si+](c2c(C)cc(C)cc2C)c2c(C)cc(C)cc2C)c(C)c1. The quantitative estimate of drug-likeness (QED) is 0.441. The summed E-state index contributed by atoms with van der Waals surface area (Å²) in [5.41, 5.74) is 12.7. The monoisotopic (exact) mass is 385 g/mol. The zero-order valence-corrected chi connectivity index (χ0v) is 20.0. The van der Waals surface area contributed by atoms with Gasteiger partial charge in [0.2, 0.25) is 0 Å². The van der Waals surface area contributed by atoms with E-state index in [0.717, 1.165) is 0 Å². The van der Waals surface area contributed by atoms with Crippen molar-refractivity contribution in [1.29, 1.82) is 0 Å². The van der Waals surface area contributed by atoms with Crippen molar-refractivity contribution < 1.29 is 0 Å². The molecule has 0 amide bonds. The Bertz CT molecular complexity index is 850. The second-order valence-corrected chi connectivity index (χ2v) is 10.9. The van der Waals surface area contributed by atoms with Crippen molar-refractivity contribution in [3.05, 3.63) is 86.5 Å². The van der Waals surface area contributed by atoms with Gasteiger partial charge in [-0.3, -0.25) is 0 Å². The van der Waals surface area contributed by atoms with Gasteiger partial charge in [0, 0.05) is 0 Å². The van der Waals surface area contributed by atoms with Crippen molar-refractivity contribution in [3.8, 4) is 0 Å². The van der Waals surface area contributed by atoms with Crippen molar-refractivity contribution in [1.82, 2.24) is 0 Å². The molecule has 0 saturated heterocycles. The summed E-state index contributed by atoms with van der Waals surface area (Å²) < 4.78 is 0. The van der Waals surface area contributed by atoms with Crippen LogP contribution in [0.1, 0.15) is 50.1 Å².